The first-order valence-electron chi connectivity index (χ1n) is 3.05. The predicted octanol–water partition coefficient (Wildman–Crippen LogP) is 1.72. The lowest BCUT2D eigenvalue weighted by Crippen LogP contribution is -1.85. The number of carbonyl (C=O) groups excluding carboxylic acids is 1. The second-order valence-electron chi connectivity index (χ2n) is 2.00. The summed E-state index contributed by atoms with van der Waals surface area (Å²) in [6, 6.07) is 7.58. The Morgan fingerprint density at radius 1 is 1.40 bits per heavy atom. The molecule has 2 heteroatoms. The molecule has 0 unspecified atom stereocenters. The normalized spacial score (nSPS) is 9.30. The fraction of sp³-hybridized carbons (Fsp3) is 0.125. The highest BCUT2D eigenvalue weighted by Crippen LogP contribution is 2.11. The summed E-state index contributed by atoms with van der Waals surface area (Å²) in [5.74, 6) is 0. The molecule has 52 valence electrons. The summed E-state index contributed by atoms with van der Waals surface area (Å²) in [5.41, 5.74) is 0.987. The lowest BCUT2D eigenvalue weighted by Gasteiger charge is -1.97. The number of rotatable bonds is 2. The molecule has 0 heterocycles. The molecule has 0 aliphatic rings. The zero-order valence-electron chi connectivity index (χ0n) is 5.45. The van der Waals surface area contributed by atoms with Gasteiger partial charge >= 0.3 is 0 Å². The van der Waals surface area contributed by atoms with Crippen LogP contribution in [0.4, 0.5) is 0 Å². The summed E-state index contributed by atoms with van der Waals surface area (Å²) in [6.45, 7) is 0. The van der Waals surface area contributed by atoms with E-state index >= 15 is 0 Å². The topological polar surface area (TPSA) is 17.1 Å². The molecule has 0 spiro atoms. The monoisotopic (exact) mass is 152 g/mol. The minimum absolute atomic E-state index is 0.458. The van der Waals surface area contributed by atoms with Crippen molar-refractivity contribution in [2.45, 2.75) is 11.3 Å². The molecule has 0 radical (unpaired) electrons. The Morgan fingerprint density at radius 2 is 2.10 bits per heavy atom. The average Bonchev–Trinajstić information content (AvgIpc) is 1.94. The third-order valence-electron chi connectivity index (χ3n) is 1.29. The van der Waals surface area contributed by atoms with Crippen LogP contribution in [0.2, 0.25) is 0 Å². The van der Waals surface area contributed by atoms with E-state index in [-0.39, 0.29) is 0 Å². The van der Waals surface area contributed by atoms with Crippen molar-refractivity contribution in [2.75, 3.05) is 0 Å². The van der Waals surface area contributed by atoms with Crippen LogP contribution < -0.4 is 0 Å². The molecule has 0 saturated heterocycles. The predicted molar refractivity (Wildman–Crippen MR) is 43.5 cm³/mol. The van der Waals surface area contributed by atoms with Gasteiger partial charge in [-0.05, 0) is 11.6 Å². The van der Waals surface area contributed by atoms with Crippen LogP contribution in [0.3, 0.4) is 0 Å². The summed E-state index contributed by atoms with van der Waals surface area (Å²) in [4.78, 5) is 11.0. The average molecular weight is 152 g/mol. The van der Waals surface area contributed by atoms with Gasteiger partial charge in [0.25, 0.3) is 0 Å². The van der Waals surface area contributed by atoms with Crippen LogP contribution in [0.15, 0.2) is 29.2 Å². The van der Waals surface area contributed by atoms with Crippen molar-refractivity contribution in [3.63, 3.8) is 0 Å². The second-order valence-corrected chi connectivity index (χ2v) is 2.48. The second kappa shape index (κ2) is 3.42. The molecule has 0 aliphatic heterocycles. The summed E-state index contributed by atoms with van der Waals surface area (Å²) in [6.07, 6.45) is 1.34. The first kappa shape index (κ1) is 7.35. The van der Waals surface area contributed by atoms with Gasteiger partial charge in [-0.2, -0.15) is 0 Å². The van der Waals surface area contributed by atoms with Gasteiger partial charge in [-0.15, -0.1) is 12.6 Å². The van der Waals surface area contributed by atoms with Crippen LogP contribution in [0.1, 0.15) is 5.56 Å². The molecule has 1 aromatic carbocycles. The fourth-order valence-electron chi connectivity index (χ4n) is 0.773. The van der Waals surface area contributed by atoms with Crippen molar-refractivity contribution in [3.8, 4) is 0 Å². The molecule has 10 heavy (non-hydrogen) atoms. The van der Waals surface area contributed by atoms with Gasteiger partial charge in [-0.3, -0.25) is 0 Å². The van der Waals surface area contributed by atoms with E-state index in [4.69, 9.17) is 0 Å². The number of hydrogen-bond acceptors (Lipinski definition) is 2. The van der Waals surface area contributed by atoms with Crippen molar-refractivity contribution in [3.05, 3.63) is 29.8 Å². The minimum atomic E-state index is 0.458. The highest BCUT2D eigenvalue weighted by molar-refractivity contribution is 7.80. The minimum Gasteiger partial charge on any atom is -0.303 e. The molecule has 0 amide bonds. The Hall–Kier alpha value is -0.760. The Bertz CT molecular complexity index is 232. The Morgan fingerprint density at radius 3 is 2.70 bits per heavy atom. The number of benzene rings is 1. The number of hydrogen-bond donors (Lipinski definition) is 1. The third kappa shape index (κ3) is 1.61. The molecular weight excluding hydrogens is 144 g/mol. The molecule has 1 rings (SSSR count). The maximum absolute atomic E-state index is 10.1. The molecule has 0 atom stereocenters. The van der Waals surface area contributed by atoms with Crippen LogP contribution in [0.25, 0.3) is 0 Å². The first-order valence-corrected chi connectivity index (χ1v) is 3.50. The number of carbonyl (C=O) groups is 1. The van der Waals surface area contributed by atoms with E-state index < -0.39 is 0 Å². The maximum atomic E-state index is 10.1. The van der Waals surface area contributed by atoms with Crippen LogP contribution in [-0.4, -0.2) is 6.29 Å². The SMILES string of the molecule is O=CCc1ccccc1S. The van der Waals surface area contributed by atoms with Gasteiger partial charge in [-0.1, -0.05) is 18.2 Å². The van der Waals surface area contributed by atoms with Crippen molar-refractivity contribution >= 4 is 18.9 Å². The molecule has 0 aliphatic carbocycles. The van der Waals surface area contributed by atoms with E-state index in [1.165, 1.54) is 0 Å². The van der Waals surface area contributed by atoms with Crippen molar-refractivity contribution in [1.82, 2.24) is 0 Å². The quantitative estimate of drug-likeness (QED) is 0.504. The van der Waals surface area contributed by atoms with Crippen molar-refractivity contribution < 1.29 is 4.79 Å². The first-order chi connectivity index (χ1) is 4.84. The molecule has 0 aromatic heterocycles. The standard InChI is InChI=1S/C8H8OS/c9-6-5-7-3-1-2-4-8(7)10/h1-4,6,10H,5H2. The summed E-state index contributed by atoms with van der Waals surface area (Å²) in [5, 5.41) is 0. The van der Waals surface area contributed by atoms with Crippen molar-refractivity contribution in [2.24, 2.45) is 0 Å². The van der Waals surface area contributed by atoms with Gasteiger partial charge in [0.15, 0.2) is 0 Å². The van der Waals surface area contributed by atoms with Gasteiger partial charge in [0.05, 0.1) is 0 Å². The number of thiol groups is 1. The van der Waals surface area contributed by atoms with Gasteiger partial charge in [-0.25, -0.2) is 0 Å². The van der Waals surface area contributed by atoms with Crippen LogP contribution >= 0.6 is 12.6 Å². The van der Waals surface area contributed by atoms with E-state index in [0.29, 0.717) is 6.42 Å². The van der Waals surface area contributed by atoms with E-state index in [1.807, 2.05) is 24.3 Å². The smallest absolute Gasteiger partial charge is 0.124 e. The Labute approximate surface area is 65.5 Å². The van der Waals surface area contributed by atoms with Crippen LogP contribution in [-0.2, 0) is 11.2 Å². The molecule has 0 N–H and O–H groups in total. The molecule has 0 fully saturated rings. The number of aldehydes is 1. The molecule has 0 saturated carbocycles. The molecular formula is C8H8OS. The van der Waals surface area contributed by atoms with E-state index in [2.05, 4.69) is 12.6 Å². The van der Waals surface area contributed by atoms with E-state index in [9.17, 15) is 4.79 Å². The van der Waals surface area contributed by atoms with Gasteiger partial charge in [0.1, 0.15) is 6.29 Å². The largest absolute Gasteiger partial charge is 0.303 e. The van der Waals surface area contributed by atoms with E-state index in [1.54, 1.807) is 0 Å². The highest BCUT2D eigenvalue weighted by atomic mass is 32.1. The summed E-state index contributed by atoms with van der Waals surface area (Å²) < 4.78 is 0. The Kier molecular flexibility index (Phi) is 2.51. The van der Waals surface area contributed by atoms with Gasteiger partial charge in [0.2, 0.25) is 0 Å². The summed E-state index contributed by atoms with van der Waals surface area (Å²) >= 11 is 4.17. The van der Waals surface area contributed by atoms with Crippen LogP contribution in [0, 0.1) is 0 Å². The molecule has 1 nitrogen and oxygen atoms in total. The Balaban J connectivity index is 2.91. The summed E-state index contributed by atoms with van der Waals surface area (Å²) in [7, 11) is 0. The highest BCUT2D eigenvalue weighted by Gasteiger charge is 1.93. The molecule has 0 bridgehead atoms. The maximum Gasteiger partial charge on any atom is 0.124 e. The third-order valence-corrected chi connectivity index (χ3v) is 1.73. The lowest BCUT2D eigenvalue weighted by atomic mass is 10.2. The van der Waals surface area contributed by atoms with Crippen LogP contribution in [0.5, 0.6) is 0 Å². The van der Waals surface area contributed by atoms with E-state index in [0.717, 1.165) is 16.7 Å². The fourth-order valence-corrected chi connectivity index (χ4v) is 1.03. The van der Waals surface area contributed by atoms with Gasteiger partial charge < -0.3 is 4.79 Å². The molecule has 1 aromatic rings. The lowest BCUT2D eigenvalue weighted by molar-refractivity contribution is -0.107. The zero-order chi connectivity index (χ0) is 7.40. The van der Waals surface area contributed by atoms with Gasteiger partial charge in [0, 0.05) is 11.3 Å². The van der Waals surface area contributed by atoms with Crippen molar-refractivity contribution in [1.29, 1.82) is 0 Å². The zero-order valence-corrected chi connectivity index (χ0v) is 6.34.